The molecule has 17 heavy (non-hydrogen) atoms. The average molecular weight is 236 g/mol. The first-order valence-electron chi connectivity index (χ1n) is 5.69. The second-order valence-corrected chi connectivity index (χ2v) is 4.00. The van der Waals surface area contributed by atoms with E-state index in [1.54, 1.807) is 7.05 Å². The molecular weight excluding hydrogens is 216 g/mol. The van der Waals surface area contributed by atoms with Crippen LogP contribution >= 0.6 is 0 Å². The van der Waals surface area contributed by atoms with Gasteiger partial charge in [-0.15, -0.1) is 0 Å². The molecule has 0 spiro atoms. The molecule has 1 rings (SSSR count). The van der Waals surface area contributed by atoms with Gasteiger partial charge in [-0.1, -0.05) is 12.1 Å². The smallest absolute Gasteiger partial charge is 0.257 e. The number of rotatable bonds is 5. The lowest BCUT2D eigenvalue weighted by molar-refractivity contribution is -0.122. The van der Waals surface area contributed by atoms with Gasteiger partial charge in [0.05, 0.1) is 0 Å². The van der Waals surface area contributed by atoms with E-state index in [9.17, 15) is 4.79 Å². The third-order valence-corrected chi connectivity index (χ3v) is 2.77. The highest BCUT2D eigenvalue weighted by molar-refractivity contribution is 5.77. The molecular formula is C13H20N2O2. The fourth-order valence-electron chi connectivity index (χ4n) is 1.49. The van der Waals surface area contributed by atoms with E-state index < -0.39 is 0 Å². The number of carbonyl (C=O) groups is 1. The van der Waals surface area contributed by atoms with Crippen molar-refractivity contribution in [3.8, 4) is 5.75 Å². The van der Waals surface area contributed by atoms with Gasteiger partial charge in [0.15, 0.2) is 6.61 Å². The van der Waals surface area contributed by atoms with E-state index in [4.69, 9.17) is 4.74 Å². The third kappa shape index (κ3) is 3.75. The number of likely N-dealkylation sites (N-methyl/N-ethyl adjacent to an activating group) is 1. The van der Waals surface area contributed by atoms with Crippen molar-refractivity contribution in [2.45, 2.75) is 19.9 Å². The summed E-state index contributed by atoms with van der Waals surface area (Å²) >= 11 is 0. The fourth-order valence-corrected chi connectivity index (χ4v) is 1.49. The second kappa shape index (κ2) is 6.25. The number of hydrogen-bond donors (Lipinski definition) is 2. The number of aryl methyl sites for hydroxylation is 1. The highest BCUT2D eigenvalue weighted by atomic mass is 16.5. The molecule has 1 atom stereocenters. The maximum Gasteiger partial charge on any atom is 0.257 e. The molecule has 1 aromatic rings. The molecule has 0 aliphatic carbocycles. The van der Waals surface area contributed by atoms with Crippen molar-refractivity contribution in [3.63, 3.8) is 0 Å². The zero-order valence-electron chi connectivity index (χ0n) is 10.8. The quantitative estimate of drug-likeness (QED) is 0.812. The minimum Gasteiger partial charge on any atom is -0.484 e. The Morgan fingerprint density at radius 1 is 1.41 bits per heavy atom. The molecule has 0 heterocycles. The van der Waals surface area contributed by atoms with E-state index in [0.29, 0.717) is 6.04 Å². The Balaban J connectivity index is 2.72. The summed E-state index contributed by atoms with van der Waals surface area (Å²) in [7, 11) is 3.52. The molecule has 1 unspecified atom stereocenters. The Hall–Kier alpha value is -1.55. The molecule has 0 aromatic heterocycles. The van der Waals surface area contributed by atoms with Gasteiger partial charge in [-0.3, -0.25) is 4.79 Å². The Morgan fingerprint density at radius 2 is 2.12 bits per heavy atom. The van der Waals surface area contributed by atoms with Crippen LogP contribution in [0.2, 0.25) is 0 Å². The Bertz CT molecular complexity index is 391. The van der Waals surface area contributed by atoms with Crippen LogP contribution in [0.3, 0.4) is 0 Å². The molecule has 94 valence electrons. The zero-order chi connectivity index (χ0) is 12.8. The van der Waals surface area contributed by atoms with Crippen molar-refractivity contribution in [1.82, 2.24) is 10.6 Å². The van der Waals surface area contributed by atoms with Crippen LogP contribution in [0.4, 0.5) is 0 Å². The SMILES string of the molecule is CNC(=O)COc1ccc(C(C)NC)cc1C. The predicted molar refractivity (Wildman–Crippen MR) is 68.2 cm³/mol. The molecule has 4 heteroatoms. The summed E-state index contributed by atoms with van der Waals surface area (Å²) in [6.45, 7) is 4.13. The van der Waals surface area contributed by atoms with Crippen molar-refractivity contribution >= 4 is 5.91 Å². The van der Waals surface area contributed by atoms with Gasteiger partial charge in [0.25, 0.3) is 5.91 Å². The monoisotopic (exact) mass is 236 g/mol. The number of ether oxygens (including phenoxy) is 1. The van der Waals surface area contributed by atoms with Crippen molar-refractivity contribution in [2.24, 2.45) is 0 Å². The minimum atomic E-state index is -0.128. The largest absolute Gasteiger partial charge is 0.484 e. The zero-order valence-corrected chi connectivity index (χ0v) is 10.8. The molecule has 1 aromatic carbocycles. The maximum absolute atomic E-state index is 11.1. The lowest BCUT2D eigenvalue weighted by Gasteiger charge is -2.14. The summed E-state index contributed by atoms with van der Waals surface area (Å²) < 4.78 is 5.43. The van der Waals surface area contributed by atoms with E-state index in [0.717, 1.165) is 11.3 Å². The van der Waals surface area contributed by atoms with Crippen LogP contribution in [0.15, 0.2) is 18.2 Å². The van der Waals surface area contributed by atoms with Gasteiger partial charge in [-0.05, 0) is 38.1 Å². The molecule has 1 amide bonds. The topological polar surface area (TPSA) is 50.4 Å². The molecule has 0 saturated heterocycles. The summed E-state index contributed by atoms with van der Waals surface area (Å²) in [6, 6.07) is 6.29. The van der Waals surface area contributed by atoms with Gasteiger partial charge < -0.3 is 15.4 Å². The predicted octanol–water partition coefficient (Wildman–Crippen LogP) is 1.40. The summed E-state index contributed by atoms with van der Waals surface area (Å²) in [5.41, 5.74) is 2.24. The summed E-state index contributed by atoms with van der Waals surface area (Å²) in [4.78, 5) is 11.1. The van der Waals surface area contributed by atoms with Gasteiger partial charge in [-0.25, -0.2) is 0 Å². The molecule has 4 nitrogen and oxygen atoms in total. The molecule has 0 saturated carbocycles. The van der Waals surface area contributed by atoms with Crippen LogP contribution in [0.1, 0.15) is 24.1 Å². The van der Waals surface area contributed by atoms with Gasteiger partial charge in [0.1, 0.15) is 5.75 Å². The van der Waals surface area contributed by atoms with Gasteiger partial charge >= 0.3 is 0 Å². The Kier molecular flexibility index (Phi) is 4.97. The van der Waals surface area contributed by atoms with Crippen molar-refractivity contribution in [2.75, 3.05) is 20.7 Å². The lowest BCUT2D eigenvalue weighted by Crippen LogP contribution is -2.25. The maximum atomic E-state index is 11.1. The van der Waals surface area contributed by atoms with E-state index >= 15 is 0 Å². The van der Waals surface area contributed by atoms with Gasteiger partial charge in [-0.2, -0.15) is 0 Å². The first kappa shape index (κ1) is 13.5. The number of hydrogen-bond acceptors (Lipinski definition) is 3. The van der Waals surface area contributed by atoms with Crippen molar-refractivity contribution < 1.29 is 9.53 Å². The molecule has 0 aliphatic rings. The standard InChI is InChI=1S/C13H20N2O2/c1-9-7-11(10(2)14-3)5-6-12(9)17-8-13(16)15-4/h5-7,10,14H,8H2,1-4H3,(H,15,16). The van der Waals surface area contributed by atoms with Crippen LogP contribution in [-0.4, -0.2) is 26.6 Å². The normalized spacial score (nSPS) is 12.0. The van der Waals surface area contributed by atoms with Gasteiger partial charge in [0.2, 0.25) is 0 Å². The van der Waals surface area contributed by atoms with Crippen LogP contribution < -0.4 is 15.4 Å². The summed E-state index contributed by atoms with van der Waals surface area (Å²) in [5, 5.41) is 5.70. The van der Waals surface area contributed by atoms with E-state index in [1.165, 1.54) is 5.56 Å². The van der Waals surface area contributed by atoms with Crippen LogP contribution in [0.25, 0.3) is 0 Å². The van der Waals surface area contributed by atoms with E-state index in [2.05, 4.69) is 23.6 Å². The molecule has 0 aliphatic heterocycles. The number of nitrogens with one attached hydrogen (secondary N) is 2. The highest BCUT2D eigenvalue weighted by Gasteiger charge is 2.07. The average Bonchev–Trinajstić information content (AvgIpc) is 2.35. The second-order valence-electron chi connectivity index (χ2n) is 4.00. The fraction of sp³-hybridized carbons (Fsp3) is 0.462. The highest BCUT2D eigenvalue weighted by Crippen LogP contribution is 2.22. The van der Waals surface area contributed by atoms with E-state index in [1.807, 2.05) is 26.1 Å². The molecule has 0 bridgehead atoms. The number of carbonyl (C=O) groups excluding carboxylic acids is 1. The van der Waals surface area contributed by atoms with E-state index in [-0.39, 0.29) is 12.5 Å². The number of amides is 1. The van der Waals surface area contributed by atoms with Crippen LogP contribution in [0, 0.1) is 6.92 Å². The Morgan fingerprint density at radius 3 is 2.65 bits per heavy atom. The van der Waals surface area contributed by atoms with Crippen molar-refractivity contribution in [1.29, 1.82) is 0 Å². The van der Waals surface area contributed by atoms with Crippen LogP contribution in [0.5, 0.6) is 5.75 Å². The lowest BCUT2D eigenvalue weighted by atomic mass is 10.1. The van der Waals surface area contributed by atoms with Crippen LogP contribution in [-0.2, 0) is 4.79 Å². The Labute approximate surface area is 102 Å². The summed E-state index contributed by atoms with van der Waals surface area (Å²) in [5.74, 6) is 0.623. The van der Waals surface area contributed by atoms with Gasteiger partial charge in [0, 0.05) is 13.1 Å². The third-order valence-electron chi connectivity index (χ3n) is 2.77. The molecule has 0 radical (unpaired) electrons. The minimum absolute atomic E-state index is 0.0538. The first-order chi connectivity index (χ1) is 8.08. The number of benzene rings is 1. The van der Waals surface area contributed by atoms with Crippen molar-refractivity contribution in [3.05, 3.63) is 29.3 Å². The summed E-state index contributed by atoms with van der Waals surface area (Å²) in [6.07, 6.45) is 0. The molecule has 2 N–H and O–H groups in total. The first-order valence-corrected chi connectivity index (χ1v) is 5.69. The molecule has 0 fully saturated rings.